The van der Waals surface area contributed by atoms with E-state index in [1.165, 1.54) is 23.1 Å². The number of fused-ring (bicyclic) bond motifs is 1. The molecular formula is C16H14F3N3O5. The number of anilines is 1. The monoisotopic (exact) mass is 385 g/mol. The molecule has 1 aliphatic rings. The van der Waals surface area contributed by atoms with Crippen LogP contribution in [0.1, 0.15) is 5.82 Å². The maximum Gasteiger partial charge on any atom is 0.449 e. The molecule has 8 nitrogen and oxygen atoms in total. The highest BCUT2D eigenvalue weighted by molar-refractivity contribution is 6.05. The zero-order valence-electron chi connectivity index (χ0n) is 14.2. The number of carbonyl (C=O) groups excluding carboxylic acids is 2. The number of aromatic amines is 1. The number of rotatable bonds is 3. The molecule has 0 amide bonds. The van der Waals surface area contributed by atoms with Gasteiger partial charge in [-0.2, -0.15) is 13.2 Å². The Balaban J connectivity index is 2.20. The van der Waals surface area contributed by atoms with E-state index in [9.17, 15) is 22.8 Å². The fourth-order valence-corrected chi connectivity index (χ4v) is 2.70. The first kappa shape index (κ1) is 18.7. The summed E-state index contributed by atoms with van der Waals surface area (Å²) in [5, 5.41) is 0. The predicted octanol–water partition coefficient (Wildman–Crippen LogP) is 1.98. The number of esters is 2. The van der Waals surface area contributed by atoms with Crippen molar-refractivity contribution >= 4 is 28.7 Å². The average molecular weight is 385 g/mol. The number of hydrogen-bond acceptors (Lipinski definition) is 7. The van der Waals surface area contributed by atoms with Gasteiger partial charge in [-0.15, -0.1) is 0 Å². The molecule has 27 heavy (non-hydrogen) atoms. The quantitative estimate of drug-likeness (QED) is 0.808. The van der Waals surface area contributed by atoms with Gasteiger partial charge in [-0.1, -0.05) is 6.07 Å². The molecule has 2 aromatic rings. The van der Waals surface area contributed by atoms with E-state index in [-0.39, 0.29) is 41.3 Å². The minimum Gasteiger partial charge on any atom is -0.466 e. The third kappa shape index (κ3) is 3.33. The molecule has 0 fully saturated rings. The van der Waals surface area contributed by atoms with E-state index < -0.39 is 23.9 Å². The molecule has 0 spiro atoms. The lowest BCUT2D eigenvalue weighted by Crippen LogP contribution is -2.38. The van der Waals surface area contributed by atoms with Gasteiger partial charge in [-0.05, 0) is 12.1 Å². The number of aromatic nitrogens is 2. The average Bonchev–Trinajstić information content (AvgIpc) is 3.11. The summed E-state index contributed by atoms with van der Waals surface area (Å²) in [6.07, 6.45) is -4.67. The molecule has 1 aromatic carbocycles. The van der Waals surface area contributed by atoms with Gasteiger partial charge in [-0.25, -0.2) is 14.6 Å². The molecule has 0 radical (unpaired) electrons. The van der Waals surface area contributed by atoms with E-state index in [0.29, 0.717) is 0 Å². The standard InChI is InChI=1S/C16H14F3N3O5/c1-25-13(23)8-6-27-7-22(12(8)14(24)26-2)10-5-3-4-9-11(10)21-15(20-9)16(17,18)19/h3-5H,6-7H2,1-2H3,(H,20,21). The minimum atomic E-state index is -4.67. The predicted molar refractivity (Wildman–Crippen MR) is 85.5 cm³/mol. The molecule has 0 atom stereocenters. The highest BCUT2D eigenvalue weighted by Gasteiger charge is 2.37. The molecule has 2 heterocycles. The van der Waals surface area contributed by atoms with Crippen molar-refractivity contribution in [2.45, 2.75) is 6.18 Å². The second-order valence-corrected chi connectivity index (χ2v) is 5.47. The Morgan fingerprint density at radius 3 is 2.56 bits per heavy atom. The van der Waals surface area contributed by atoms with Gasteiger partial charge < -0.3 is 24.1 Å². The van der Waals surface area contributed by atoms with Gasteiger partial charge in [0.1, 0.15) is 17.9 Å². The third-order valence-electron chi connectivity index (χ3n) is 3.88. The fourth-order valence-electron chi connectivity index (χ4n) is 2.70. The Kier molecular flexibility index (Phi) is 4.79. The summed E-state index contributed by atoms with van der Waals surface area (Å²) >= 11 is 0. The number of benzene rings is 1. The maximum atomic E-state index is 13.0. The van der Waals surface area contributed by atoms with Crippen molar-refractivity contribution in [3.05, 3.63) is 35.3 Å². The molecule has 11 heteroatoms. The number of imidazole rings is 1. The number of alkyl halides is 3. The molecule has 0 saturated heterocycles. The molecule has 144 valence electrons. The summed E-state index contributed by atoms with van der Waals surface area (Å²) in [6, 6.07) is 4.35. The van der Waals surface area contributed by atoms with Crippen LogP contribution in [0.3, 0.4) is 0 Å². The molecule has 0 aliphatic carbocycles. The Labute approximate surface area is 150 Å². The highest BCUT2D eigenvalue weighted by Crippen LogP contribution is 2.35. The number of nitrogens with zero attached hydrogens (tertiary/aromatic N) is 2. The van der Waals surface area contributed by atoms with Crippen LogP contribution in [-0.2, 0) is 30.0 Å². The van der Waals surface area contributed by atoms with Crippen molar-refractivity contribution in [3.8, 4) is 0 Å². The normalized spacial score (nSPS) is 15.2. The van der Waals surface area contributed by atoms with Crippen LogP contribution in [-0.4, -0.2) is 49.5 Å². The molecule has 0 bridgehead atoms. The van der Waals surface area contributed by atoms with Crippen molar-refractivity contribution < 1.29 is 37.0 Å². The van der Waals surface area contributed by atoms with Crippen LogP contribution in [0.2, 0.25) is 0 Å². The van der Waals surface area contributed by atoms with E-state index in [1.807, 2.05) is 0 Å². The van der Waals surface area contributed by atoms with Crippen molar-refractivity contribution in [1.29, 1.82) is 0 Å². The lowest BCUT2D eigenvalue weighted by molar-refractivity contribution is -0.144. The van der Waals surface area contributed by atoms with E-state index in [4.69, 9.17) is 9.47 Å². The van der Waals surface area contributed by atoms with Gasteiger partial charge in [0.2, 0.25) is 5.82 Å². The summed E-state index contributed by atoms with van der Waals surface area (Å²) in [5.74, 6) is -2.85. The van der Waals surface area contributed by atoms with Crippen molar-refractivity contribution in [3.63, 3.8) is 0 Å². The van der Waals surface area contributed by atoms with E-state index in [1.54, 1.807) is 0 Å². The Hall–Kier alpha value is -3.08. The van der Waals surface area contributed by atoms with Gasteiger partial charge >= 0.3 is 18.1 Å². The molecule has 0 unspecified atom stereocenters. The number of nitrogens with one attached hydrogen (secondary N) is 1. The molecule has 0 saturated carbocycles. The Bertz CT molecular complexity index is 935. The molecule has 1 N–H and O–H groups in total. The highest BCUT2D eigenvalue weighted by atomic mass is 19.4. The lowest BCUT2D eigenvalue weighted by atomic mass is 10.1. The zero-order chi connectivity index (χ0) is 19.8. The number of para-hydroxylation sites is 1. The number of carbonyl (C=O) groups is 2. The summed E-state index contributed by atoms with van der Waals surface area (Å²) in [5.41, 5.74) is -0.0882. The number of methoxy groups -OCH3 is 2. The zero-order valence-corrected chi connectivity index (χ0v) is 14.2. The maximum absolute atomic E-state index is 13.0. The first-order chi connectivity index (χ1) is 12.8. The number of halogens is 3. The third-order valence-corrected chi connectivity index (χ3v) is 3.88. The van der Waals surface area contributed by atoms with Crippen LogP contribution in [0.4, 0.5) is 18.9 Å². The summed E-state index contributed by atoms with van der Waals surface area (Å²) in [4.78, 5) is 31.3. The van der Waals surface area contributed by atoms with Crippen LogP contribution in [0.25, 0.3) is 11.0 Å². The topological polar surface area (TPSA) is 93.8 Å². The van der Waals surface area contributed by atoms with Crippen molar-refractivity contribution in [2.24, 2.45) is 0 Å². The van der Waals surface area contributed by atoms with Gasteiger partial charge in [0, 0.05) is 0 Å². The van der Waals surface area contributed by atoms with Gasteiger partial charge in [0.25, 0.3) is 0 Å². The summed E-state index contributed by atoms with van der Waals surface area (Å²) in [6.45, 7) is -0.407. The summed E-state index contributed by atoms with van der Waals surface area (Å²) in [7, 11) is 2.25. The van der Waals surface area contributed by atoms with E-state index in [0.717, 1.165) is 14.2 Å². The Morgan fingerprint density at radius 1 is 1.22 bits per heavy atom. The van der Waals surface area contributed by atoms with Crippen LogP contribution in [0.5, 0.6) is 0 Å². The van der Waals surface area contributed by atoms with Crippen LogP contribution >= 0.6 is 0 Å². The van der Waals surface area contributed by atoms with Crippen molar-refractivity contribution in [1.82, 2.24) is 9.97 Å². The largest absolute Gasteiger partial charge is 0.466 e. The van der Waals surface area contributed by atoms with E-state index in [2.05, 4.69) is 14.7 Å². The molecular weight excluding hydrogens is 371 g/mol. The SMILES string of the molecule is COC(=O)C1=C(C(=O)OC)N(c2cccc3[nH]c(C(F)(F)F)nc23)COC1. The van der Waals surface area contributed by atoms with Crippen LogP contribution in [0.15, 0.2) is 29.5 Å². The minimum absolute atomic E-state index is 0.0408. The molecule has 1 aromatic heterocycles. The van der Waals surface area contributed by atoms with Gasteiger partial charge in [0.15, 0.2) is 0 Å². The lowest BCUT2D eigenvalue weighted by Gasteiger charge is -2.31. The molecule has 3 rings (SSSR count). The van der Waals surface area contributed by atoms with Gasteiger partial charge in [0.05, 0.1) is 37.6 Å². The second-order valence-electron chi connectivity index (χ2n) is 5.47. The summed E-state index contributed by atoms with van der Waals surface area (Å²) < 4.78 is 53.7. The number of ether oxygens (including phenoxy) is 3. The van der Waals surface area contributed by atoms with Crippen molar-refractivity contribution in [2.75, 3.05) is 32.5 Å². The van der Waals surface area contributed by atoms with Crippen LogP contribution < -0.4 is 4.90 Å². The Morgan fingerprint density at radius 2 is 1.93 bits per heavy atom. The number of hydrogen-bond donors (Lipinski definition) is 1. The molecule has 1 aliphatic heterocycles. The van der Waals surface area contributed by atoms with E-state index >= 15 is 0 Å². The van der Waals surface area contributed by atoms with Gasteiger partial charge in [-0.3, -0.25) is 0 Å². The first-order valence-corrected chi connectivity index (χ1v) is 7.59. The first-order valence-electron chi connectivity index (χ1n) is 7.59. The number of H-pyrrole nitrogens is 1. The second kappa shape index (κ2) is 6.91. The fraction of sp³-hybridized carbons (Fsp3) is 0.312. The smallest absolute Gasteiger partial charge is 0.449 e. The van der Waals surface area contributed by atoms with Crippen LogP contribution in [0, 0.1) is 0 Å².